The highest BCUT2D eigenvalue weighted by molar-refractivity contribution is 6.41. The van der Waals surface area contributed by atoms with E-state index in [0.717, 1.165) is 11.1 Å². The molecule has 1 heterocycles. The summed E-state index contributed by atoms with van der Waals surface area (Å²) in [5.41, 5.74) is 2.62. The fourth-order valence-electron chi connectivity index (χ4n) is 1.74. The molecule has 1 aromatic heterocycles. The van der Waals surface area contributed by atoms with Gasteiger partial charge in [-0.15, -0.1) is 0 Å². The Labute approximate surface area is 132 Å². The summed E-state index contributed by atoms with van der Waals surface area (Å²) in [6, 6.07) is 6.78. The summed E-state index contributed by atoms with van der Waals surface area (Å²) < 4.78 is 0. The third-order valence-electron chi connectivity index (χ3n) is 2.76. The van der Waals surface area contributed by atoms with Gasteiger partial charge in [0.15, 0.2) is 0 Å². The first-order valence-electron chi connectivity index (χ1n) is 6.07. The highest BCUT2D eigenvalue weighted by atomic mass is 35.5. The van der Waals surface area contributed by atoms with Gasteiger partial charge in [0.1, 0.15) is 17.5 Å². The number of benzene rings is 1. The van der Waals surface area contributed by atoms with E-state index < -0.39 is 0 Å². The minimum absolute atomic E-state index is 0.188. The molecule has 6 heteroatoms. The number of hydrogen-bond acceptors (Lipinski definition) is 2. The third kappa shape index (κ3) is 3.79. The number of aliphatic hydroxyl groups is 1. The number of carbonyl (C=O) groups excluding carboxylic acids is 1. The summed E-state index contributed by atoms with van der Waals surface area (Å²) in [5.74, 6) is 5.08. The maximum Gasteiger partial charge on any atom is 0.272 e. The number of rotatable bonds is 2. The van der Waals surface area contributed by atoms with Gasteiger partial charge in [0.05, 0.1) is 5.02 Å². The van der Waals surface area contributed by atoms with Crippen LogP contribution in [0.15, 0.2) is 24.3 Å². The summed E-state index contributed by atoms with van der Waals surface area (Å²) >= 11 is 11.6. The average molecular weight is 323 g/mol. The van der Waals surface area contributed by atoms with Crippen molar-refractivity contribution in [1.82, 2.24) is 4.98 Å². The molecule has 2 rings (SSSR count). The number of aliphatic hydroxyl groups excluding tert-OH is 1. The largest absolute Gasteiger partial charge is 0.384 e. The lowest BCUT2D eigenvalue weighted by Gasteiger charge is -2.06. The van der Waals surface area contributed by atoms with Crippen LogP contribution in [0.1, 0.15) is 21.6 Å². The van der Waals surface area contributed by atoms with Crippen molar-refractivity contribution in [2.75, 3.05) is 11.9 Å². The Hall–Kier alpha value is -1.93. The molecular weight excluding hydrogens is 311 g/mol. The van der Waals surface area contributed by atoms with E-state index in [0.29, 0.717) is 10.7 Å². The number of aromatic nitrogens is 1. The normalized spacial score (nSPS) is 9.90. The predicted octanol–water partition coefficient (Wildman–Crippen LogP) is 3.23. The van der Waals surface area contributed by atoms with Crippen LogP contribution in [-0.2, 0) is 0 Å². The van der Waals surface area contributed by atoms with E-state index in [1.807, 2.05) is 6.92 Å². The zero-order chi connectivity index (χ0) is 15.4. The predicted molar refractivity (Wildman–Crippen MR) is 83.9 cm³/mol. The smallest absolute Gasteiger partial charge is 0.272 e. The molecular formula is C15H12Cl2N2O2. The monoisotopic (exact) mass is 322 g/mol. The summed E-state index contributed by atoms with van der Waals surface area (Å²) in [6.45, 7) is 1.69. The number of aryl methyl sites for hydroxylation is 1. The van der Waals surface area contributed by atoms with Gasteiger partial charge in [-0.1, -0.05) is 35.0 Å². The van der Waals surface area contributed by atoms with Gasteiger partial charge in [-0.25, -0.2) is 0 Å². The molecule has 0 spiro atoms. The number of H-pyrrole nitrogens is 1. The molecule has 0 saturated heterocycles. The molecule has 0 radical (unpaired) electrons. The fraction of sp³-hybridized carbons (Fsp3) is 0.133. The second kappa shape index (κ2) is 6.68. The van der Waals surface area contributed by atoms with Crippen molar-refractivity contribution in [1.29, 1.82) is 0 Å². The van der Waals surface area contributed by atoms with E-state index in [1.54, 1.807) is 18.2 Å². The molecule has 0 aliphatic heterocycles. The molecule has 1 amide bonds. The van der Waals surface area contributed by atoms with E-state index in [-0.39, 0.29) is 23.4 Å². The first kappa shape index (κ1) is 15.5. The van der Waals surface area contributed by atoms with Crippen LogP contribution in [0.3, 0.4) is 0 Å². The van der Waals surface area contributed by atoms with Crippen LogP contribution in [0.2, 0.25) is 10.2 Å². The van der Waals surface area contributed by atoms with Gasteiger partial charge >= 0.3 is 0 Å². The van der Waals surface area contributed by atoms with Crippen molar-refractivity contribution in [3.63, 3.8) is 0 Å². The fourth-order valence-corrected chi connectivity index (χ4v) is 2.05. The van der Waals surface area contributed by atoms with Gasteiger partial charge in [0.2, 0.25) is 0 Å². The van der Waals surface area contributed by atoms with Crippen LogP contribution in [0.4, 0.5) is 5.69 Å². The lowest BCUT2D eigenvalue weighted by molar-refractivity contribution is 0.102. The highest BCUT2D eigenvalue weighted by Gasteiger charge is 2.12. The molecule has 4 nitrogen and oxygen atoms in total. The number of anilines is 1. The zero-order valence-corrected chi connectivity index (χ0v) is 12.6. The molecule has 0 bridgehead atoms. The van der Waals surface area contributed by atoms with Crippen molar-refractivity contribution in [3.8, 4) is 11.8 Å². The van der Waals surface area contributed by atoms with Crippen LogP contribution in [0.5, 0.6) is 0 Å². The lowest BCUT2D eigenvalue weighted by Crippen LogP contribution is -2.12. The minimum atomic E-state index is -0.336. The SMILES string of the molecule is Cc1cc(NC(=O)c2cc(Cl)c(Cl)[nH]2)ccc1C#CCO. The molecule has 0 aliphatic carbocycles. The second-order valence-electron chi connectivity index (χ2n) is 4.29. The molecule has 0 saturated carbocycles. The molecule has 0 atom stereocenters. The van der Waals surface area contributed by atoms with E-state index in [9.17, 15) is 4.79 Å². The average Bonchev–Trinajstić information content (AvgIpc) is 2.78. The number of carbonyl (C=O) groups is 1. The summed E-state index contributed by atoms with van der Waals surface area (Å²) in [5, 5.41) is 12.0. The first-order valence-corrected chi connectivity index (χ1v) is 6.82. The Kier molecular flexibility index (Phi) is 4.92. The maximum atomic E-state index is 12.0. The van der Waals surface area contributed by atoms with Crippen LogP contribution >= 0.6 is 23.2 Å². The number of hydrogen-bond donors (Lipinski definition) is 3. The van der Waals surface area contributed by atoms with Gasteiger partial charge in [-0.3, -0.25) is 4.79 Å². The van der Waals surface area contributed by atoms with Crippen molar-refractivity contribution >= 4 is 34.8 Å². The molecule has 0 fully saturated rings. The van der Waals surface area contributed by atoms with E-state index in [1.165, 1.54) is 6.07 Å². The number of amides is 1. The summed E-state index contributed by atoms with van der Waals surface area (Å²) in [7, 11) is 0. The van der Waals surface area contributed by atoms with E-state index >= 15 is 0 Å². The van der Waals surface area contributed by atoms with Crippen molar-refractivity contribution in [3.05, 3.63) is 51.3 Å². The highest BCUT2D eigenvalue weighted by Crippen LogP contribution is 2.22. The second-order valence-corrected chi connectivity index (χ2v) is 5.07. The summed E-state index contributed by atoms with van der Waals surface area (Å²) in [6.07, 6.45) is 0. The Bertz CT molecular complexity index is 722. The van der Waals surface area contributed by atoms with E-state index in [4.69, 9.17) is 28.3 Å². The molecule has 3 N–H and O–H groups in total. The Balaban J connectivity index is 2.16. The lowest BCUT2D eigenvalue weighted by atomic mass is 10.1. The van der Waals surface area contributed by atoms with Crippen molar-refractivity contribution < 1.29 is 9.90 Å². The number of halogens is 2. The molecule has 108 valence electrons. The topological polar surface area (TPSA) is 65.1 Å². The zero-order valence-electron chi connectivity index (χ0n) is 11.1. The first-order chi connectivity index (χ1) is 10.0. The van der Waals surface area contributed by atoms with Crippen LogP contribution in [0, 0.1) is 18.8 Å². The molecule has 2 aromatic rings. The number of nitrogens with one attached hydrogen (secondary N) is 2. The number of aromatic amines is 1. The molecule has 21 heavy (non-hydrogen) atoms. The van der Waals surface area contributed by atoms with Crippen LogP contribution in [0.25, 0.3) is 0 Å². The standard InChI is InChI=1S/C15H12Cl2N2O2/c1-9-7-11(5-4-10(9)3-2-6-20)18-15(21)13-8-12(16)14(17)19-13/h4-5,7-8,19-20H,6H2,1H3,(H,18,21). The summed E-state index contributed by atoms with van der Waals surface area (Å²) in [4.78, 5) is 14.7. The van der Waals surface area contributed by atoms with E-state index in [2.05, 4.69) is 22.1 Å². The Morgan fingerprint density at radius 2 is 2.14 bits per heavy atom. The van der Waals surface area contributed by atoms with Gasteiger partial charge in [0.25, 0.3) is 5.91 Å². The molecule has 0 unspecified atom stereocenters. The quantitative estimate of drug-likeness (QED) is 0.743. The van der Waals surface area contributed by atoms with Crippen molar-refractivity contribution in [2.45, 2.75) is 6.92 Å². The van der Waals surface area contributed by atoms with Gasteiger partial charge in [-0.2, -0.15) is 0 Å². The minimum Gasteiger partial charge on any atom is -0.384 e. The molecule has 0 aliphatic rings. The third-order valence-corrected chi connectivity index (χ3v) is 3.45. The maximum absolute atomic E-state index is 12.0. The van der Waals surface area contributed by atoms with Gasteiger partial charge in [0, 0.05) is 11.3 Å². The van der Waals surface area contributed by atoms with Gasteiger partial charge < -0.3 is 15.4 Å². The Morgan fingerprint density at radius 1 is 1.38 bits per heavy atom. The van der Waals surface area contributed by atoms with Gasteiger partial charge in [-0.05, 0) is 36.8 Å². The van der Waals surface area contributed by atoms with Crippen LogP contribution in [-0.4, -0.2) is 22.6 Å². The molecule has 1 aromatic carbocycles. The Morgan fingerprint density at radius 3 is 2.71 bits per heavy atom. The van der Waals surface area contributed by atoms with Crippen LogP contribution < -0.4 is 5.32 Å². The van der Waals surface area contributed by atoms with Crippen molar-refractivity contribution in [2.24, 2.45) is 0 Å².